The highest BCUT2D eigenvalue weighted by Gasteiger charge is 2.32. The van der Waals surface area contributed by atoms with E-state index in [9.17, 15) is 18.0 Å². The van der Waals surface area contributed by atoms with Gasteiger partial charge in [-0.15, -0.1) is 0 Å². The Morgan fingerprint density at radius 2 is 1.91 bits per heavy atom. The summed E-state index contributed by atoms with van der Waals surface area (Å²) in [6.45, 7) is 0.0510. The van der Waals surface area contributed by atoms with Crippen LogP contribution in [0.3, 0.4) is 0 Å². The number of halogens is 3. The van der Waals surface area contributed by atoms with Crippen LogP contribution >= 0.6 is 0 Å². The van der Waals surface area contributed by atoms with Crippen molar-refractivity contribution in [2.45, 2.75) is 31.7 Å². The molecule has 1 saturated heterocycles. The molecule has 122 valence electrons. The summed E-state index contributed by atoms with van der Waals surface area (Å²) >= 11 is 0. The first-order valence-electron chi connectivity index (χ1n) is 6.76. The summed E-state index contributed by atoms with van der Waals surface area (Å²) < 4.78 is 43.9. The summed E-state index contributed by atoms with van der Waals surface area (Å²) in [6.07, 6.45) is -5.05. The SMILES string of the molecule is O=C(O)N1CCC(Oc2cc(CO)cc(C(F)(F)F)c2)CC1. The minimum Gasteiger partial charge on any atom is -0.490 e. The number of hydrogen-bond acceptors (Lipinski definition) is 3. The van der Waals surface area contributed by atoms with Crippen LogP contribution in [0.25, 0.3) is 0 Å². The molecule has 1 fully saturated rings. The number of nitrogens with zero attached hydrogens (tertiary/aromatic N) is 1. The highest BCUT2D eigenvalue weighted by atomic mass is 19.4. The average Bonchev–Trinajstić information content (AvgIpc) is 2.46. The quantitative estimate of drug-likeness (QED) is 0.899. The van der Waals surface area contributed by atoms with Gasteiger partial charge in [-0.2, -0.15) is 13.2 Å². The van der Waals surface area contributed by atoms with E-state index in [2.05, 4.69) is 0 Å². The van der Waals surface area contributed by atoms with Crippen molar-refractivity contribution in [3.63, 3.8) is 0 Å². The molecule has 2 rings (SSSR count). The molecule has 0 aliphatic carbocycles. The number of piperidine rings is 1. The van der Waals surface area contributed by atoms with E-state index in [1.807, 2.05) is 0 Å². The maximum atomic E-state index is 12.8. The molecule has 8 heteroatoms. The second kappa shape index (κ2) is 6.43. The van der Waals surface area contributed by atoms with Gasteiger partial charge in [0.2, 0.25) is 0 Å². The maximum absolute atomic E-state index is 12.8. The van der Waals surface area contributed by atoms with Gasteiger partial charge in [0.25, 0.3) is 0 Å². The molecular weight excluding hydrogens is 303 g/mol. The zero-order valence-corrected chi connectivity index (χ0v) is 11.6. The minimum absolute atomic E-state index is 0.0349. The number of carboxylic acid groups (broad SMARTS) is 1. The van der Waals surface area contributed by atoms with Crippen molar-refractivity contribution in [2.75, 3.05) is 13.1 Å². The number of hydrogen-bond donors (Lipinski definition) is 2. The Hall–Kier alpha value is -1.96. The Kier molecular flexibility index (Phi) is 4.80. The monoisotopic (exact) mass is 319 g/mol. The first-order valence-corrected chi connectivity index (χ1v) is 6.76. The molecule has 0 aromatic heterocycles. The molecule has 1 aromatic rings. The number of aliphatic hydroxyl groups is 1. The van der Waals surface area contributed by atoms with Gasteiger partial charge in [0.05, 0.1) is 12.2 Å². The second-order valence-corrected chi connectivity index (χ2v) is 5.11. The second-order valence-electron chi connectivity index (χ2n) is 5.11. The normalized spacial score (nSPS) is 16.6. The van der Waals surface area contributed by atoms with Crippen molar-refractivity contribution in [1.82, 2.24) is 4.90 Å². The van der Waals surface area contributed by atoms with Gasteiger partial charge >= 0.3 is 12.3 Å². The maximum Gasteiger partial charge on any atom is 0.416 e. The third-order valence-electron chi connectivity index (χ3n) is 3.49. The van der Waals surface area contributed by atoms with Gasteiger partial charge in [0.15, 0.2) is 0 Å². The van der Waals surface area contributed by atoms with E-state index < -0.39 is 24.4 Å². The highest BCUT2D eigenvalue weighted by molar-refractivity contribution is 5.65. The number of alkyl halides is 3. The van der Waals surface area contributed by atoms with Crippen LogP contribution < -0.4 is 4.74 Å². The van der Waals surface area contributed by atoms with Gasteiger partial charge in [-0.1, -0.05) is 0 Å². The molecule has 0 saturated carbocycles. The van der Waals surface area contributed by atoms with Crippen LogP contribution in [0.1, 0.15) is 24.0 Å². The van der Waals surface area contributed by atoms with Crippen LogP contribution in [0.5, 0.6) is 5.75 Å². The Labute approximate surface area is 124 Å². The molecule has 1 aromatic carbocycles. The number of likely N-dealkylation sites (tertiary alicyclic amines) is 1. The van der Waals surface area contributed by atoms with Crippen LogP contribution in [0, 0.1) is 0 Å². The van der Waals surface area contributed by atoms with Crippen molar-refractivity contribution < 1.29 is 32.9 Å². The smallest absolute Gasteiger partial charge is 0.416 e. The van der Waals surface area contributed by atoms with Gasteiger partial charge in [-0.25, -0.2) is 4.79 Å². The lowest BCUT2D eigenvalue weighted by molar-refractivity contribution is -0.137. The molecular formula is C14H16F3NO4. The van der Waals surface area contributed by atoms with Gasteiger partial charge in [0.1, 0.15) is 11.9 Å². The summed E-state index contributed by atoms with van der Waals surface area (Å²) in [5.41, 5.74) is -0.759. The minimum atomic E-state index is -4.52. The number of ether oxygens (including phenoxy) is 1. The summed E-state index contributed by atoms with van der Waals surface area (Å²) in [6, 6.07) is 3.13. The molecule has 1 heterocycles. The molecule has 1 aliphatic heterocycles. The van der Waals surface area contributed by atoms with Crippen molar-refractivity contribution >= 4 is 6.09 Å². The van der Waals surface area contributed by atoms with E-state index in [1.165, 1.54) is 11.0 Å². The lowest BCUT2D eigenvalue weighted by Crippen LogP contribution is -2.41. The first-order chi connectivity index (χ1) is 10.3. The molecule has 0 radical (unpaired) electrons. The van der Waals surface area contributed by atoms with Crippen LogP contribution in [-0.2, 0) is 12.8 Å². The molecule has 2 N–H and O–H groups in total. The van der Waals surface area contributed by atoms with Crippen LogP contribution in [0.15, 0.2) is 18.2 Å². The van der Waals surface area contributed by atoms with Crippen LogP contribution in [0.2, 0.25) is 0 Å². The van der Waals surface area contributed by atoms with Crippen LogP contribution in [0.4, 0.5) is 18.0 Å². The summed E-state index contributed by atoms with van der Waals surface area (Å²) in [4.78, 5) is 12.0. The third-order valence-corrected chi connectivity index (χ3v) is 3.49. The van der Waals surface area contributed by atoms with Gasteiger partial charge in [0, 0.05) is 25.9 Å². The van der Waals surface area contributed by atoms with E-state index in [0.29, 0.717) is 12.8 Å². The number of rotatable bonds is 3. The molecule has 0 atom stereocenters. The molecule has 1 aliphatic rings. The predicted octanol–water partition coefficient (Wildman–Crippen LogP) is 2.72. The third kappa shape index (κ3) is 4.03. The fraction of sp³-hybridized carbons (Fsp3) is 0.500. The Morgan fingerprint density at radius 1 is 1.27 bits per heavy atom. The van der Waals surface area contributed by atoms with E-state index in [4.69, 9.17) is 14.9 Å². The number of carbonyl (C=O) groups is 1. The molecule has 5 nitrogen and oxygen atoms in total. The molecule has 0 unspecified atom stereocenters. The van der Waals surface area contributed by atoms with E-state index >= 15 is 0 Å². The largest absolute Gasteiger partial charge is 0.490 e. The van der Waals surface area contributed by atoms with Crippen LogP contribution in [-0.4, -0.2) is 40.4 Å². The lowest BCUT2D eigenvalue weighted by Gasteiger charge is -2.30. The fourth-order valence-corrected chi connectivity index (χ4v) is 2.34. The van der Waals surface area contributed by atoms with Gasteiger partial charge < -0.3 is 19.8 Å². The van der Waals surface area contributed by atoms with E-state index in [0.717, 1.165) is 12.1 Å². The van der Waals surface area contributed by atoms with Gasteiger partial charge in [-0.05, 0) is 23.8 Å². The molecule has 22 heavy (non-hydrogen) atoms. The Balaban J connectivity index is 2.08. The number of aliphatic hydroxyl groups excluding tert-OH is 1. The predicted molar refractivity (Wildman–Crippen MR) is 70.6 cm³/mol. The molecule has 0 spiro atoms. The van der Waals surface area contributed by atoms with E-state index in [1.54, 1.807) is 0 Å². The standard InChI is InChI=1S/C14H16F3NO4/c15-14(16,17)10-5-9(8-19)6-12(7-10)22-11-1-3-18(4-2-11)13(20)21/h5-7,11,19H,1-4,8H2,(H,20,21). The topological polar surface area (TPSA) is 70.0 Å². The number of benzene rings is 1. The van der Waals surface area contributed by atoms with E-state index in [-0.39, 0.29) is 30.5 Å². The molecule has 0 bridgehead atoms. The number of amides is 1. The fourth-order valence-electron chi connectivity index (χ4n) is 2.34. The Morgan fingerprint density at radius 3 is 2.41 bits per heavy atom. The highest BCUT2D eigenvalue weighted by Crippen LogP contribution is 2.33. The lowest BCUT2D eigenvalue weighted by atomic mass is 10.1. The summed E-state index contributed by atoms with van der Waals surface area (Å²) in [5, 5.41) is 17.9. The summed E-state index contributed by atoms with van der Waals surface area (Å²) in [5.74, 6) is 0.0349. The van der Waals surface area contributed by atoms with Gasteiger partial charge in [-0.3, -0.25) is 0 Å². The van der Waals surface area contributed by atoms with Crippen molar-refractivity contribution in [3.05, 3.63) is 29.3 Å². The zero-order valence-electron chi connectivity index (χ0n) is 11.6. The molecule has 1 amide bonds. The zero-order chi connectivity index (χ0) is 16.3. The average molecular weight is 319 g/mol. The van der Waals surface area contributed by atoms with Crippen molar-refractivity contribution in [2.24, 2.45) is 0 Å². The summed E-state index contributed by atoms with van der Waals surface area (Å²) in [7, 11) is 0. The first kappa shape index (κ1) is 16.4. The van der Waals surface area contributed by atoms with Crippen molar-refractivity contribution in [1.29, 1.82) is 0 Å². The van der Waals surface area contributed by atoms with Crippen molar-refractivity contribution in [3.8, 4) is 5.75 Å². The Bertz CT molecular complexity index is 539.